The molecule has 0 atom stereocenters. The zero-order valence-electron chi connectivity index (χ0n) is 11.8. The summed E-state index contributed by atoms with van der Waals surface area (Å²) in [4.78, 5) is 24.4. The van der Waals surface area contributed by atoms with E-state index in [4.69, 9.17) is 4.74 Å². The molecule has 0 bridgehead atoms. The molecule has 1 N–H and O–H groups in total. The Balaban J connectivity index is 1.83. The van der Waals surface area contributed by atoms with Crippen LogP contribution < -0.4 is 5.32 Å². The van der Waals surface area contributed by atoms with Crippen molar-refractivity contribution in [3.05, 3.63) is 51.5 Å². The zero-order chi connectivity index (χ0) is 15.5. The summed E-state index contributed by atoms with van der Waals surface area (Å²) in [6.07, 6.45) is 0. The van der Waals surface area contributed by atoms with Gasteiger partial charge in [0.25, 0.3) is 5.91 Å². The Morgan fingerprint density at radius 3 is 2.82 bits per heavy atom. The second kappa shape index (κ2) is 6.29. The summed E-state index contributed by atoms with van der Waals surface area (Å²) in [5.74, 6) is -0.450. The van der Waals surface area contributed by atoms with E-state index in [9.17, 15) is 9.59 Å². The van der Waals surface area contributed by atoms with Gasteiger partial charge in [-0.15, -0.1) is 11.3 Å². The topological polar surface area (TPSA) is 55.4 Å². The Labute approximate surface area is 135 Å². The first-order chi connectivity index (χ1) is 10.7. The van der Waals surface area contributed by atoms with Crippen LogP contribution in [0.1, 0.15) is 27.0 Å². The van der Waals surface area contributed by atoms with Crippen molar-refractivity contribution >= 4 is 50.3 Å². The molecular formula is C16H13NO3S2. The lowest BCUT2D eigenvalue weighted by atomic mass is 10.2. The molecule has 1 amide bonds. The molecule has 1 aromatic carbocycles. The largest absolute Gasteiger partial charge is 0.462 e. The number of thiophene rings is 2. The third kappa shape index (κ3) is 3.03. The van der Waals surface area contributed by atoms with Gasteiger partial charge in [-0.2, -0.15) is 11.3 Å². The number of benzene rings is 1. The van der Waals surface area contributed by atoms with Gasteiger partial charge in [0, 0.05) is 15.8 Å². The number of anilines is 1. The van der Waals surface area contributed by atoms with Gasteiger partial charge < -0.3 is 10.1 Å². The van der Waals surface area contributed by atoms with Crippen LogP contribution in [0, 0.1) is 0 Å². The van der Waals surface area contributed by atoms with Gasteiger partial charge in [0.2, 0.25) is 0 Å². The highest BCUT2D eigenvalue weighted by atomic mass is 32.1. The van der Waals surface area contributed by atoms with E-state index >= 15 is 0 Å². The van der Waals surface area contributed by atoms with E-state index in [1.807, 2.05) is 23.6 Å². The Kier molecular flexibility index (Phi) is 4.22. The van der Waals surface area contributed by atoms with E-state index in [1.54, 1.807) is 24.4 Å². The Morgan fingerprint density at radius 2 is 2.09 bits per heavy atom. The highest BCUT2D eigenvalue weighted by Crippen LogP contribution is 2.29. The second-order valence-electron chi connectivity index (χ2n) is 4.55. The van der Waals surface area contributed by atoms with Crippen LogP contribution in [0.15, 0.2) is 41.1 Å². The van der Waals surface area contributed by atoms with Crippen LogP contribution in [0.3, 0.4) is 0 Å². The molecule has 0 saturated carbocycles. The first-order valence-electron chi connectivity index (χ1n) is 6.71. The SMILES string of the molecule is CCOC(=O)c1cc2cc(NC(=O)c3ccsc3)ccc2s1. The van der Waals surface area contributed by atoms with Gasteiger partial charge in [0.15, 0.2) is 0 Å². The van der Waals surface area contributed by atoms with Gasteiger partial charge in [-0.3, -0.25) is 4.79 Å². The van der Waals surface area contributed by atoms with E-state index in [-0.39, 0.29) is 11.9 Å². The van der Waals surface area contributed by atoms with E-state index in [0.717, 1.165) is 10.1 Å². The summed E-state index contributed by atoms with van der Waals surface area (Å²) in [7, 11) is 0. The minimum absolute atomic E-state index is 0.138. The van der Waals surface area contributed by atoms with Gasteiger partial charge in [0.05, 0.1) is 12.2 Å². The van der Waals surface area contributed by atoms with Crippen molar-refractivity contribution in [1.82, 2.24) is 0 Å². The number of fused-ring (bicyclic) bond motifs is 1. The van der Waals surface area contributed by atoms with Crippen LogP contribution in [-0.2, 0) is 4.74 Å². The zero-order valence-corrected chi connectivity index (χ0v) is 13.4. The lowest BCUT2D eigenvalue weighted by Crippen LogP contribution is -2.10. The fourth-order valence-corrected chi connectivity index (χ4v) is 3.59. The number of hydrogen-bond donors (Lipinski definition) is 1. The fourth-order valence-electron chi connectivity index (χ4n) is 2.02. The number of carbonyl (C=O) groups is 2. The van der Waals surface area contributed by atoms with Crippen LogP contribution in [-0.4, -0.2) is 18.5 Å². The molecular weight excluding hydrogens is 318 g/mol. The van der Waals surface area contributed by atoms with Crippen molar-refractivity contribution < 1.29 is 14.3 Å². The predicted molar refractivity (Wildman–Crippen MR) is 90.1 cm³/mol. The van der Waals surface area contributed by atoms with Crippen molar-refractivity contribution in [3.63, 3.8) is 0 Å². The van der Waals surface area contributed by atoms with Crippen molar-refractivity contribution in [3.8, 4) is 0 Å². The van der Waals surface area contributed by atoms with E-state index in [0.29, 0.717) is 22.7 Å². The summed E-state index contributed by atoms with van der Waals surface area (Å²) in [6, 6.07) is 9.16. The molecule has 112 valence electrons. The molecule has 0 saturated heterocycles. The predicted octanol–water partition coefficient (Wildman–Crippen LogP) is 4.39. The van der Waals surface area contributed by atoms with Gasteiger partial charge in [-0.1, -0.05) is 0 Å². The molecule has 3 rings (SSSR count). The van der Waals surface area contributed by atoms with Crippen LogP contribution in [0.25, 0.3) is 10.1 Å². The smallest absolute Gasteiger partial charge is 0.348 e. The summed E-state index contributed by atoms with van der Waals surface area (Å²) < 4.78 is 5.99. The lowest BCUT2D eigenvalue weighted by Gasteiger charge is -2.03. The summed E-state index contributed by atoms with van der Waals surface area (Å²) >= 11 is 2.87. The van der Waals surface area contributed by atoms with Crippen molar-refractivity contribution in [1.29, 1.82) is 0 Å². The highest BCUT2D eigenvalue weighted by molar-refractivity contribution is 7.20. The summed E-state index contributed by atoms with van der Waals surface area (Å²) in [5, 5.41) is 7.44. The maximum absolute atomic E-state index is 12.0. The molecule has 3 aromatic rings. The molecule has 0 aliphatic carbocycles. The first-order valence-corrected chi connectivity index (χ1v) is 8.47. The van der Waals surface area contributed by atoms with Crippen LogP contribution in [0.4, 0.5) is 5.69 Å². The fraction of sp³-hybridized carbons (Fsp3) is 0.125. The third-order valence-electron chi connectivity index (χ3n) is 3.03. The lowest BCUT2D eigenvalue weighted by molar-refractivity contribution is 0.0532. The molecule has 2 aromatic heterocycles. The Bertz CT molecular complexity index is 821. The van der Waals surface area contributed by atoms with Crippen molar-refractivity contribution in [2.24, 2.45) is 0 Å². The molecule has 0 fully saturated rings. The first kappa shape index (κ1) is 14.7. The number of amides is 1. The number of rotatable bonds is 4. The van der Waals surface area contributed by atoms with Gasteiger partial charge >= 0.3 is 5.97 Å². The van der Waals surface area contributed by atoms with Crippen molar-refractivity contribution in [2.75, 3.05) is 11.9 Å². The molecule has 6 heteroatoms. The molecule has 22 heavy (non-hydrogen) atoms. The monoisotopic (exact) mass is 331 g/mol. The Morgan fingerprint density at radius 1 is 1.23 bits per heavy atom. The molecule has 0 spiro atoms. The molecule has 0 aliphatic rings. The summed E-state index contributed by atoms with van der Waals surface area (Å²) in [5.41, 5.74) is 1.35. The molecule has 0 unspecified atom stereocenters. The number of hydrogen-bond acceptors (Lipinski definition) is 5. The van der Waals surface area contributed by atoms with Crippen molar-refractivity contribution in [2.45, 2.75) is 6.92 Å². The van der Waals surface area contributed by atoms with Gasteiger partial charge in [0.1, 0.15) is 4.88 Å². The third-order valence-corrected chi connectivity index (χ3v) is 4.81. The van der Waals surface area contributed by atoms with E-state index < -0.39 is 0 Å². The molecule has 0 aliphatic heterocycles. The molecule has 4 nitrogen and oxygen atoms in total. The maximum Gasteiger partial charge on any atom is 0.348 e. The Hall–Kier alpha value is -2.18. The van der Waals surface area contributed by atoms with Gasteiger partial charge in [-0.25, -0.2) is 4.79 Å². The minimum Gasteiger partial charge on any atom is -0.462 e. The van der Waals surface area contributed by atoms with Crippen LogP contribution >= 0.6 is 22.7 Å². The normalized spacial score (nSPS) is 10.6. The molecule has 2 heterocycles. The van der Waals surface area contributed by atoms with E-state index in [2.05, 4.69) is 5.32 Å². The summed E-state index contributed by atoms with van der Waals surface area (Å²) in [6.45, 7) is 2.14. The maximum atomic E-state index is 12.0. The standard InChI is InChI=1S/C16H13NO3S2/c1-2-20-16(19)14-8-11-7-12(3-4-13(11)22-14)17-15(18)10-5-6-21-9-10/h3-9H,2H2,1H3,(H,17,18). The second-order valence-corrected chi connectivity index (χ2v) is 6.41. The number of esters is 1. The molecule has 0 radical (unpaired) electrons. The highest BCUT2D eigenvalue weighted by Gasteiger charge is 2.12. The average Bonchev–Trinajstić information content (AvgIpc) is 3.16. The number of carbonyl (C=O) groups excluding carboxylic acids is 2. The van der Waals surface area contributed by atoms with Gasteiger partial charge in [-0.05, 0) is 48.0 Å². The van der Waals surface area contributed by atoms with Crippen LogP contribution in [0.2, 0.25) is 0 Å². The minimum atomic E-state index is -0.312. The van der Waals surface area contributed by atoms with E-state index in [1.165, 1.54) is 22.7 Å². The average molecular weight is 331 g/mol. The van der Waals surface area contributed by atoms with Crippen LogP contribution in [0.5, 0.6) is 0 Å². The number of nitrogens with one attached hydrogen (secondary N) is 1. The quantitative estimate of drug-likeness (QED) is 0.721. The number of ether oxygens (including phenoxy) is 1.